The Morgan fingerprint density at radius 2 is 2.18 bits per heavy atom. The molecule has 1 unspecified atom stereocenters. The van der Waals surface area contributed by atoms with Crippen LogP contribution in [0.3, 0.4) is 0 Å². The maximum absolute atomic E-state index is 13.3. The number of rotatable bonds is 6. The number of carbonyl (C=O) groups excluding carboxylic acids is 1. The Balaban J connectivity index is 1.75. The third kappa shape index (κ3) is 4.91. The van der Waals surface area contributed by atoms with Crippen molar-refractivity contribution in [1.82, 2.24) is 14.7 Å². The molecule has 1 atom stereocenters. The molecule has 0 radical (unpaired) electrons. The Kier molecular flexibility index (Phi) is 6.47. The average Bonchev–Trinajstić information content (AvgIpc) is 3.33. The van der Waals surface area contributed by atoms with Gasteiger partial charge in [0.2, 0.25) is 5.88 Å². The fourth-order valence-corrected chi connectivity index (χ4v) is 3.51. The molecule has 8 nitrogen and oxygen atoms in total. The molecule has 3 aromatic rings. The van der Waals surface area contributed by atoms with E-state index in [0.29, 0.717) is 12.3 Å². The third-order valence-corrected chi connectivity index (χ3v) is 5.25. The Bertz CT molecular complexity index is 1320. The van der Waals surface area contributed by atoms with Crippen molar-refractivity contribution in [2.45, 2.75) is 25.9 Å². The molecule has 0 spiro atoms. The van der Waals surface area contributed by atoms with E-state index in [-0.39, 0.29) is 35.4 Å². The Morgan fingerprint density at radius 1 is 1.39 bits per heavy atom. The number of aryl methyl sites for hydroxylation is 1. The van der Waals surface area contributed by atoms with E-state index in [2.05, 4.69) is 10.3 Å². The lowest BCUT2D eigenvalue weighted by atomic mass is 10.1. The largest absolute Gasteiger partial charge is 0.438 e. The number of nitriles is 1. The van der Waals surface area contributed by atoms with Crippen LogP contribution in [0.15, 0.2) is 53.0 Å². The number of nitrogens with zero attached hydrogens (tertiary/aromatic N) is 3. The highest BCUT2D eigenvalue weighted by Crippen LogP contribution is 2.25. The topological polar surface area (TPSA) is 106 Å². The number of amides is 1. The molecule has 4 rings (SSSR count). The van der Waals surface area contributed by atoms with Crippen LogP contribution in [0.4, 0.5) is 4.39 Å². The van der Waals surface area contributed by atoms with Gasteiger partial charge in [0.1, 0.15) is 34.4 Å². The minimum Gasteiger partial charge on any atom is -0.438 e. The van der Waals surface area contributed by atoms with E-state index in [0.717, 1.165) is 24.5 Å². The van der Waals surface area contributed by atoms with E-state index in [9.17, 15) is 19.2 Å². The van der Waals surface area contributed by atoms with Gasteiger partial charge < -0.3 is 14.8 Å². The van der Waals surface area contributed by atoms with Crippen LogP contribution in [0.25, 0.3) is 11.7 Å². The molecular formula is C24H21FN4O4. The van der Waals surface area contributed by atoms with Gasteiger partial charge in [-0.3, -0.25) is 14.0 Å². The van der Waals surface area contributed by atoms with Gasteiger partial charge in [-0.25, -0.2) is 4.39 Å². The van der Waals surface area contributed by atoms with Gasteiger partial charge in [-0.1, -0.05) is 6.07 Å². The standard InChI is InChI=1S/C24H21FN4O4/c1-15-4-2-10-29-21(15)28-23(33-18-8-6-17(25)7-9-18)20(24(29)31)12-16(13-26)22(30)27-14-19-5-3-11-32-19/h2,4,6-10,12,19H,3,5,11,14H2,1H3,(H,27,30). The molecule has 0 bridgehead atoms. The van der Waals surface area contributed by atoms with Crippen molar-refractivity contribution in [3.05, 3.63) is 75.5 Å². The van der Waals surface area contributed by atoms with E-state index >= 15 is 0 Å². The molecule has 1 aliphatic heterocycles. The molecule has 3 heterocycles. The summed E-state index contributed by atoms with van der Waals surface area (Å²) in [5.74, 6) is -0.924. The fourth-order valence-electron chi connectivity index (χ4n) is 3.51. The molecule has 1 N–H and O–H groups in total. The minimum absolute atomic E-state index is 0.0776. The highest BCUT2D eigenvalue weighted by atomic mass is 19.1. The molecule has 0 saturated carbocycles. The number of ether oxygens (including phenoxy) is 2. The quantitative estimate of drug-likeness (QED) is 0.459. The smallest absolute Gasteiger partial charge is 0.269 e. The van der Waals surface area contributed by atoms with Gasteiger partial charge in [0, 0.05) is 19.3 Å². The van der Waals surface area contributed by atoms with Gasteiger partial charge in [0.15, 0.2) is 0 Å². The van der Waals surface area contributed by atoms with Gasteiger partial charge >= 0.3 is 0 Å². The summed E-state index contributed by atoms with van der Waals surface area (Å²) in [6, 6.07) is 10.5. The van der Waals surface area contributed by atoms with Gasteiger partial charge in [-0.2, -0.15) is 10.2 Å². The van der Waals surface area contributed by atoms with Gasteiger partial charge in [-0.15, -0.1) is 0 Å². The average molecular weight is 448 g/mol. The van der Waals surface area contributed by atoms with Crippen molar-refractivity contribution in [1.29, 1.82) is 5.26 Å². The number of hydrogen-bond donors (Lipinski definition) is 1. The molecule has 0 aliphatic carbocycles. The first-order chi connectivity index (χ1) is 16.0. The molecule has 1 aliphatic rings. The summed E-state index contributed by atoms with van der Waals surface area (Å²) < 4.78 is 25.9. The fraction of sp³-hybridized carbons (Fsp3) is 0.250. The van der Waals surface area contributed by atoms with Crippen LogP contribution >= 0.6 is 0 Å². The van der Waals surface area contributed by atoms with Gasteiger partial charge in [-0.05, 0) is 61.7 Å². The second kappa shape index (κ2) is 9.63. The molecule has 1 amide bonds. The molecule has 2 aromatic heterocycles. The van der Waals surface area contributed by atoms with Crippen molar-refractivity contribution in [2.24, 2.45) is 0 Å². The number of aromatic nitrogens is 2. The number of benzene rings is 1. The summed E-state index contributed by atoms with van der Waals surface area (Å²) in [6.07, 6.45) is 4.36. The van der Waals surface area contributed by atoms with Gasteiger partial charge in [0.25, 0.3) is 11.5 Å². The number of carbonyl (C=O) groups is 1. The summed E-state index contributed by atoms with van der Waals surface area (Å²) in [4.78, 5) is 30.3. The molecule has 1 saturated heterocycles. The second-order valence-electron chi connectivity index (χ2n) is 7.59. The Labute approximate surface area is 188 Å². The highest BCUT2D eigenvalue weighted by molar-refractivity contribution is 6.01. The number of pyridine rings is 1. The van der Waals surface area contributed by atoms with Crippen molar-refractivity contribution >= 4 is 17.6 Å². The van der Waals surface area contributed by atoms with Crippen LogP contribution in [0, 0.1) is 24.1 Å². The van der Waals surface area contributed by atoms with E-state index in [1.807, 2.05) is 6.07 Å². The van der Waals surface area contributed by atoms with Crippen molar-refractivity contribution in [3.63, 3.8) is 0 Å². The predicted molar refractivity (Wildman–Crippen MR) is 118 cm³/mol. The zero-order valence-electron chi connectivity index (χ0n) is 17.9. The minimum atomic E-state index is -0.630. The Hall–Kier alpha value is -4.03. The maximum atomic E-state index is 13.3. The number of halogens is 1. The third-order valence-electron chi connectivity index (χ3n) is 5.25. The normalized spacial score (nSPS) is 15.9. The molecule has 9 heteroatoms. The van der Waals surface area contributed by atoms with Crippen LogP contribution < -0.4 is 15.6 Å². The zero-order valence-corrected chi connectivity index (χ0v) is 17.9. The van der Waals surface area contributed by atoms with E-state index in [1.54, 1.807) is 25.3 Å². The molecule has 168 valence electrons. The molecule has 33 heavy (non-hydrogen) atoms. The molecular weight excluding hydrogens is 427 g/mol. The zero-order chi connectivity index (χ0) is 23.4. The Morgan fingerprint density at radius 3 is 2.88 bits per heavy atom. The monoisotopic (exact) mass is 448 g/mol. The van der Waals surface area contributed by atoms with E-state index in [4.69, 9.17) is 9.47 Å². The lowest BCUT2D eigenvalue weighted by Gasteiger charge is -2.12. The van der Waals surface area contributed by atoms with E-state index < -0.39 is 17.3 Å². The SMILES string of the molecule is Cc1cccn2c(=O)c(C=C(C#N)C(=O)NCC3CCCO3)c(Oc3ccc(F)cc3)nc12. The summed E-state index contributed by atoms with van der Waals surface area (Å²) in [6.45, 7) is 2.70. The number of nitrogens with one attached hydrogen (secondary N) is 1. The predicted octanol–water partition coefficient (Wildman–Crippen LogP) is 3.14. The van der Waals surface area contributed by atoms with Gasteiger partial charge in [0.05, 0.1) is 6.10 Å². The first-order valence-corrected chi connectivity index (χ1v) is 10.4. The summed E-state index contributed by atoms with van der Waals surface area (Å²) in [7, 11) is 0. The molecule has 1 fully saturated rings. The second-order valence-corrected chi connectivity index (χ2v) is 7.59. The summed E-state index contributed by atoms with van der Waals surface area (Å²) in [5.41, 5.74) is 0.220. The maximum Gasteiger partial charge on any atom is 0.269 e. The van der Waals surface area contributed by atoms with Crippen LogP contribution in [-0.4, -0.2) is 34.5 Å². The van der Waals surface area contributed by atoms with Crippen LogP contribution in [0.1, 0.15) is 24.0 Å². The van der Waals surface area contributed by atoms with E-state index in [1.165, 1.54) is 28.7 Å². The first kappa shape index (κ1) is 22.2. The van der Waals surface area contributed by atoms with Crippen LogP contribution in [0.5, 0.6) is 11.6 Å². The summed E-state index contributed by atoms with van der Waals surface area (Å²) >= 11 is 0. The first-order valence-electron chi connectivity index (χ1n) is 10.4. The lowest BCUT2D eigenvalue weighted by molar-refractivity contribution is -0.117. The van der Waals surface area contributed by atoms with Crippen molar-refractivity contribution in [2.75, 3.05) is 13.2 Å². The molecule has 1 aromatic carbocycles. The van der Waals surface area contributed by atoms with Crippen molar-refractivity contribution in [3.8, 4) is 17.7 Å². The van der Waals surface area contributed by atoms with Crippen LogP contribution in [0.2, 0.25) is 0 Å². The van der Waals surface area contributed by atoms with Crippen molar-refractivity contribution < 1.29 is 18.7 Å². The highest BCUT2D eigenvalue weighted by Gasteiger charge is 2.20. The lowest BCUT2D eigenvalue weighted by Crippen LogP contribution is -2.32. The number of hydrogen-bond acceptors (Lipinski definition) is 6. The number of fused-ring (bicyclic) bond motifs is 1. The van der Waals surface area contributed by atoms with Crippen LogP contribution in [-0.2, 0) is 9.53 Å². The summed E-state index contributed by atoms with van der Waals surface area (Å²) in [5, 5.41) is 12.3.